The van der Waals surface area contributed by atoms with E-state index in [4.69, 9.17) is 0 Å². The average Bonchev–Trinajstić information content (AvgIpc) is 2.81. The summed E-state index contributed by atoms with van der Waals surface area (Å²) in [7, 11) is 1.98. The van der Waals surface area contributed by atoms with Gasteiger partial charge in [-0.2, -0.15) is 8.78 Å². The van der Waals surface area contributed by atoms with Gasteiger partial charge in [0.05, 0.1) is 6.04 Å². The highest BCUT2D eigenvalue weighted by molar-refractivity contribution is 9.10. The number of halogens is 4. The predicted octanol–water partition coefficient (Wildman–Crippen LogP) is 2.81. The molecule has 0 spiro atoms. The number of carbonyl (C=O) groups excluding carboxylic acids is 3. The number of hydrogen-bond donors (Lipinski definition) is 3. The molecule has 2 aromatic rings. The second kappa shape index (κ2) is 11.3. The zero-order chi connectivity index (χ0) is 24.8. The van der Waals surface area contributed by atoms with E-state index >= 15 is 0 Å². The fraction of sp³-hybridized carbons (Fsp3) is 0.318. The van der Waals surface area contributed by atoms with Crippen molar-refractivity contribution in [3.63, 3.8) is 0 Å². The summed E-state index contributed by atoms with van der Waals surface area (Å²) in [5.74, 6) is -3.41. The molecule has 12 heteroatoms. The molecule has 4 amide bonds. The van der Waals surface area contributed by atoms with Crippen LogP contribution in [0.25, 0.3) is 0 Å². The minimum Gasteiger partial charge on any atom is -0.334 e. The van der Waals surface area contributed by atoms with Crippen molar-refractivity contribution in [1.82, 2.24) is 26.0 Å². The number of nitrogens with one attached hydrogen (secondary N) is 3. The number of piperazine rings is 1. The van der Waals surface area contributed by atoms with E-state index in [0.29, 0.717) is 19.6 Å². The number of hydrogen-bond acceptors (Lipinski definition) is 4. The molecular weight excluding hydrogens is 519 g/mol. The van der Waals surface area contributed by atoms with Crippen molar-refractivity contribution in [2.75, 3.05) is 26.7 Å². The Kier molecular flexibility index (Phi) is 8.51. The monoisotopic (exact) mass is 541 g/mol. The number of alkyl halides is 2. The van der Waals surface area contributed by atoms with Gasteiger partial charge in [-0.25, -0.2) is 9.18 Å². The van der Waals surface area contributed by atoms with Crippen LogP contribution in [0, 0.1) is 5.82 Å². The van der Waals surface area contributed by atoms with E-state index in [1.54, 1.807) is 10.3 Å². The van der Waals surface area contributed by atoms with Gasteiger partial charge in [0.25, 0.3) is 5.91 Å². The quantitative estimate of drug-likeness (QED) is 0.507. The summed E-state index contributed by atoms with van der Waals surface area (Å²) in [5.41, 5.74) is 4.23. The summed E-state index contributed by atoms with van der Waals surface area (Å²) < 4.78 is 39.8. The molecule has 1 unspecified atom stereocenters. The normalized spacial score (nSPS) is 16.3. The van der Waals surface area contributed by atoms with Crippen molar-refractivity contribution >= 4 is 33.8 Å². The molecule has 1 aliphatic rings. The maximum Gasteiger partial charge on any atom is 0.318 e. The Morgan fingerprint density at radius 1 is 1.12 bits per heavy atom. The molecule has 0 aliphatic carbocycles. The van der Waals surface area contributed by atoms with E-state index in [9.17, 15) is 27.6 Å². The number of hydrazine groups is 1. The molecule has 182 valence electrons. The molecule has 1 fully saturated rings. The smallest absolute Gasteiger partial charge is 0.318 e. The highest BCUT2D eigenvalue weighted by Crippen LogP contribution is 2.27. The van der Waals surface area contributed by atoms with Gasteiger partial charge < -0.3 is 15.1 Å². The van der Waals surface area contributed by atoms with Crippen molar-refractivity contribution in [2.24, 2.45) is 0 Å². The molecule has 0 bridgehead atoms. The Hall–Kier alpha value is -3.12. The van der Waals surface area contributed by atoms with Crippen LogP contribution < -0.4 is 16.2 Å². The van der Waals surface area contributed by atoms with Crippen molar-refractivity contribution in [1.29, 1.82) is 0 Å². The summed E-state index contributed by atoms with van der Waals surface area (Å²) >= 11 is 3.45. The highest BCUT2D eigenvalue weighted by Gasteiger charge is 2.30. The Bertz CT molecular complexity index is 1070. The molecule has 1 aliphatic heterocycles. The van der Waals surface area contributed by atoms with Gasteiger partial charge in [-0.15, -0.1) is 0 Å². The molecule has 0 aromatic heterocycles. The fourth-order valence-corrected chi connectivity index (χ4v) is 3.93. The summed E-state index contributed by atoms with van der Waals surface area (Å²) in [6.07, 6.45) is -3.30. The van der Waals surface area contributed by atoms with Gasteiger partial charge in [-0.05, 0) is 36.9 Å². The van der Waals surface area contributed by atoms with Crippen LogP contribution in [-0.2, 0) is 11.3 Å². The SMILES string of the molecule is CN1CCN(C(=O)NCc2ccc(C(=O)NNC(=O)C(F)F)cc2F)C(c2cccc(Br)c2)C1. The number of benzene rings is 2. The largest absolute Gasteiger partial charge is 0.334 e. The average molecular weight is 542 g/mol. The van der Waals surface area contributed by atoms with Gasteiger partial charge in [0.2, 0.25) is 0 Å². The lowest BCUT2D eigenvalue weighted by Gasteiger charge is -2.40. The van der Waals surface area contributed by atoms with Crippen LogP contribution in [0.5, 0.6) is 0 Å². The number of urea groups is 1. The van der Waals surface area contributed by atoms with Crippen molar-refractivity contribution in [3.8, 4) is 0 Å². The zero-order valence-corrected chi connectivity index (χ0v) is 19.7. The van der Waals surface area contributed by atoms with Crippen LogP contribution in [-0.4, -0.2) is 60.8 Å². The molecule has 2 aromatic carbocycles. The van der Waals surface area contributed by atoms with Gasteiger partial charge in [0.1, 0.15) is 5.82 Å². The molecule has 8 nitrogen and oxygen atoms in total. The molecular formula is C22H23BrF3N5O3. The lowest BCUT2D eigenvalue weighted by Crippen LogP contribution is -2.52. The summed E-state index contributed by atoms with van der Waals surface area (Å²) in [5, 5.41) is 2.72. The van der Waals surface area contributed by atoms with Crippen molar-refractivity contribution in [2.45, 2.75) is 19.0 Å². The van der Waals surface area contributed by atoms with Gasteiger partial charge in [-0.1, -0.05) is 34.1 Å². The van der Waals surface area contributed by atoms with Crippen LogP contribution in [0.3, 0.4) is 0 Å². The molecule has 1 saturated heterocycles. The molecule has 3 rings (SSSR count). The van der Waals surface area contributed by atoms with E-state index in [1.807, 2.05) is 31.3 Å². The van der Waals surface area contributed by atoms with Crippen LogP contribution in [0.4, 0.5) is 18.0 Å². The van der Waals surface area contributed by atoms with Crippen molar-refractivity contribution in [3.05, 3.63) is 69.4 Å². The number of likely N-dealkylation sites (N-methyl/N-ethyl adjacent to an activating group) is 1. The molecule has 0 saturated carbocycles. The minimum atomic E-state index is -3.30. The minimum absolute atomic E-state index is 0.119. The first-order chi connectivity index (χ1) is 16.2. The maximum absolute atomic E-state index is 14.5. The maximum atomic E-state index is 14.5. The lowest BCUT2D eigenvalue weighted by atomic mass is 10.0. The Balaban J connectivity index is 1.63. The van der Waals surface area contributed by atoms with E-state index in [-0.39, 0.29) is 29.7 Å². The molecule has 1 heterocycles. The number of rotatable bonds is 5. The fourth-order valence-electron chi connectivity index (χ4n) is 3.51. The topological polar surface area (TPSA) is 93.8 Å². The molecule has 34 heavy (non-hydrogen) atoms. The molecule has 3 N–H and O–H groups in total. The molecule has 0 radical (unpaired) electrons. The van der Waals surface area contributed by atoms with Crippen LogP contribution in [0.2, 0.25) is 0 Å². The number of carbonyl (C=O) groups is 3. The van der Waals surface area contributed by atoms with E-state index in [2.05, 4.69) is 26.1 Å². The first kappa shape index (κ1) is 25.5. The van der Waals surface area contributed by atoms with Crippen LogP contribution in [0.15, 0.2) is 46.9 Å². The summed E-state index contributed by atoms with van der Waals surface area (Å²) in [4.78, 5) is 39.5. The predicted molar refractivity (Wildman–Crippen MR) is 121 cm³/mol. The van der Waals surface area contributed by atoms with Crippen LogP contribution in [0.1, 0.15) is 27.5 Å². The van der Waals surface area contributed by atoms with Gasteiger partial charge >= 0.3 is 18.4 Å². The number of nitrogens with zero attached hydrogens (tertiary/aromatic N) is 2. The lowest BCUT2D eigenvalue weighted by molar-refractivity contribution is -0.132. The standard InChI is InChI=1S/C22H23BrF3N5O3/c1-30-7-8-31(18(12-30)13-3-2-4-16(23)9-13)22(34)27-11-15-6-5-14(10-17(15)24)20(32)28-29-21(33)19(25)26/h2-6,9-10,18-19H,7-8,11-12H2,1H3,(H,27,34)(H,28,32)(H,29,33). The second-order valence-corrected chi connectivity index (χ2v) is 8.65. The number of amides is 4. The zero-order valence-electron chi connectivity index (χ0n) is 18.2. The highest BCUT2D eigenvalue weighted by atomic mass is 79.9. The summed E-state index contributed by atoms with van der Waals surface area (Å²) in [6, 6.07) is 10.6. The van der Waals surface area contributed by atoms with E-state index in [1.165, 1.54) is 17.6 Å². The van der Waals surface area contributed by atoms with Crippen molar-refractivity contribution < 1.29 is 27.6 Å². The third kappa shape index (κ3) is 6.48. The summed E-state index contributed by atoms with van der Waals surface area (Å²) in [6.45, 7) is 1.71. The Morgan fingerprint density at radius 2 is 1.88 bits per heavy atom. The first-order valence-corrected chi connectivity index (χ1v) is 11.1. The third-order valence-corrected chi connectivity index (χ3v) is 5.81. The Morgan fingerprint density at radius 3 is 2.56 bits per heavy atom. The van der Waals surface area contributed by atoms with E-state index < -0.39 is 24.1 Å². The third-order valence-electron chi connectivity index (χ3n) is 5.32. The van der Waals surface area contributed by atoms with Gasteiger partial charge in [-0.3, -0.25) is 20.4 Å². The Labute approximate surface area is 202 Å². The van der Waals surface area contributed by atoms with Gasteiger partial charge in [0, 0.05) is 41.8 Å². The second-order valence-electron chi connectivity index (χ2n) is 7.74. The first-order valence-electron chi connectivity index (χ1n) is 10.3. The van der Waals surface area contributed by atoms with Gasteiger partial charge in [0.15, 0.2) is 0 Å². The van der Waals surface area contributed by atoms with E-state index in [0.717, 1.165) is 16.1 Å². The van der Waals surface area contributed by atoms with Crippen LogP contribution >= 0.6 is 15.9 Å². The molecule has 1 atom stereocenters.